The molecule has 1 aliphatic heterocycles. The quantitative estimate of drug-likeness (QED) is 0.821. The third-order valence-corrected chi connectivity index (χ3v) is 3.79. The number of rotatable bonds is 1. The fourth-order valence-corrected chi connectivity index (χ4v) is 2.79. The minimum absolute atomic E-state index is 0.0450. The summed E-state index contributed by atoms with van der Waals surface area (Å²) in [5.41, 5.74) is -0.768. The molecule has 1 atom stereocenters. The molecule has 1 aromatic heterocycles. The van der Waals surface area contributed by atoms with Crippen LogP contribution in [-0.2, 0) is 0 Å². The fraction of sp³-hybridized carbons (Fsp3) is 0.429. The van der Waals surface area contributed by atoms with Gasteiger partial charge in [-0.25, -0.2) is 9.18 Å². The van der Waals surface area contributed by atoms with Crippen LogP contribution in [0.5, 0.6) is 0 Å². The molecule has 2 N–H and O–H groups in total. The van der Waals surface area contributed by atoms with Gasteiger partial charge in [-0.15, -0.1) is 0 Å². The van der Waals surface area contributed by atoms with E-state index in [0.29, 0.717) is 6.54 Å². The maximum absolute atomic E-state index is 13.9. The highest BCUT2D eigenvalue weighted by Crippen LogP contribution is 2.15. The van der Waals surface area contributed by atoms with Gasteiger partial charge in [0.05, 0.1) is 16.9 Å². The smallest absolute Gasteiger partial charge is 0.315 e. The number of hydrogen-bond acceptors (Lipinski definition) is 3. The molecule has 0 radical (unpaired) electrons. The fourth-order valence-electron chi connectivity index (χ4n) is 2.79. The molecule has 1 fully saturated rings. The summed E-state index contributed by atoms with van der Waals surface area (Å²) in [7, 11) is 0. The minimum Gasteiger partial charge on any atom is -0.315 e. The Bertz CT molecular complexity index is 742. The van der Waals surface area contributed by atoms with Gasteiger partial charge in [0, 0.05) is 6.54 Å². The van der Waals surface area contributed by atoms with Gasteiger partial charge >= 0.3 is 5.69 Å². The number of hydrogen-bond donors (Lipinski definition) is 2. The Balaban J connectivity index is 2.22. The summed E-state index contributed by atoms with van der Waals surface area (Å²) in [6, 6.07) is 4.02. The molecule has 0 spiro atoms. The zero-order valence-corrected chi connectivity index (χ0v) is 11.0. The zero-order chi connectivity index (χ0) is 14.1. The van der Waals surface area contributed by atoms with Crippen LogP contribution in [0.1, 0.15) is 25.3 Å². The Labute approximate surface area is 114 Å². The van der Waals surface area contributed by atoms with E-state index in [2.05, 4.69) is 10.3 Å². The summed E-state index contributed by atoms with van der Waals surface area (Å²) in [5.74, 6) is -0.598. The second kappa shape index (κ2) is 5.20. The SMILES string of the molecule is O=c1[nH]c2cccc(F)c2c(=O)n1C1CCCCNC1. The van der Waals surface area contributed by atoms with E-state index in [9.17, 15) is 14.0 Å². The first-order chi connectivity index (χ1) is 9.68. The molecule has 2 aromatic rings. The Morgan fingerprint density at radius 2 is 2.10 bits per heavy atom. The van der Waals surface area contributed by atoms with E-state index in [1.54, 1.807) is 0 Å². The van der Waals surface area contributed by atoms with Crippen LogP contribution in [0.3, 0.4) is 0 Å². The van der Waals surface area contributed by atoms with Crippen molar-refractivity contribution < 1.29 is 4.39 Å². The summed E-state index contributed by atoms with van der Waals surface area (Å²) < 4.78 is 15.0. The highest BCUT2D eigenvalue weighted by molar-refractivity contribution is 5.77. The first-order valence-electron chi connectivity index (χ1n) is 6.82. The molecular formula is C14H16FN3O2. The lowest BCUT2D eigenvalue weighted by atomic mass is 10.1. The predicted molar refractivity (Wildman–Crippen MR) is 74.5 cm³/mol. The molecule has 1 saturated heterocycles. The second-order valence-electron chi connectivity index (χ2n) is 5.12. The van der Waals surface area contributed by atoms with Crippen molar-refractivity contribution in [3.8, 4) is 0 Å². The summed E-state index contributed by atoms with van der Waals surface area (Å²) in [6.07, 6.45) is 2.71. The number of fused-ring (bicyclic) bond motifs is 1. The second-order valence-corrected chi connectivity index (χ2v) is 5.12. The monoisotopic (exact) mass is 277 g/mol. The molecule has 106 valence electrons. The molecular weight excluding hydrogens is 261 g/mol. The van der Waals surface area contributed by atoms with Crippen molar-refractivity contribution in [2.24, 2.45) is 0 Å². The standard InChI is InChI=1S/C14H16FN3O2/c15-10-5-3-6-11-12(10)13(19)18(14(20)17-11)9-4-1-2-7-16-8-9/h3,5-6,9,16H,1-2,4,7-8H2,(H,17,20). The summed E-state index contributed by atoms with van der Waals surface area (Å²) in [4.78, 5) is 27.2. The zero-order valence-electron chi connectivity index (χ0n) is 11.0. The minimum atomic E-state index is -0.598. The van der Waals surface area contributed by atoms with Crippen molar-refractivity contribution in [2.45, 2.75) is 25.3 Å². The molecule has 0 aliphatic carbocycles. The molecule has 3 rings (SSSR count). The van der Waals surface area contributed by atoms with Gasteiger partial charge in [-0.1, -0.05) is 12.5 Å². The first kappa shape index (κ1) is 13.1. The van der Waals surface area contributed by atoms with E-state index in [1.165, 1.54) is 18.2 Å². The largest absolute Gasteiger partial charge is 0.329 e. The third kappa shape index (κ3) is 2.16. The number of nitrogens with zero attached hydrogens (tertiary/aromatic N) is 1. The van der Waals surface area contributed by atoms with Crippen molar-refractivity contribution in [1.82, 2.24) is 14.9 Å². The van der Waals surface area contributed by atoms with E-state index in [0.717, 1.165) is 30.4 Å². The van der Waals surface area contributed by atoms with Crippen molar-refractivity contribution in [3.63, 3.8) is 0 Å². The van der Waals surface area contributed by atoms with E-state index >= 15 is 0 Å². The molecule has 6 heteroatoms. The van der Waals surface area contributed by atoms with Gasteiger partial charge in [0.1, 0.15) is 5.82 Å². The maximum atomic E-state index is 13.9. The lowest BCUT2D eigenvalue weighted by Gasteiger charge is -2.17. The number of aromatic amines is 1. The number of benzene rings is 1. The van der Waals surface area contributed by atoms with Gasteiger partial charge in [-0.2, -0.15) is 0 Å². The average molecular weight is 277 g/mol. The normalized spacial score (nSPS) is 19.9. The number of aromatic nitrogens is 2. The summed E-state index contributed by atoms with van der Waals surface area (Å²) in [5, 5.41) is 3.16. The lowest BCUT2D eigenvalue weighted by molar-refractivity contribution is 0.434. The summed E-state index contributed by atoms with van der Waals surface area (Å²) >= 11 is 0. The van der Waals surface area contributed by atoms with Crippen LogP contribution in [-0.4, -0.2) is 22.6 Å². The first-order valence-corrected chi connectivity index (χ1v) is 6.82. The van der Waals surface area contributed by atoms with Gasteiger partial charge < -0.3 is 10.3 Å². The number of H-pyrrole nitrogens is 1. The van der Waals surface area contributed by atoms with Gasteiger partial charge in [-0.05, 0) is 31.5 Å². The number of halogens is 1. The highest BCUT2D eigenvalue weighted by atomic mass is 19.1. The van der Waals surface area contributed by atoms with E-state index in [4.69, 9.17) is 0 Å². The maximum Gasteiger partial charge on any atom is 0.329 e. The molecule has 0 amide bonds. The average Bonchev–Trinajstić information content (AvgIpc) is 2.67. The van der Waals surface area contributed by atoms with Gasteiger partial charge in [-0.3, -0.25) is 9.36 Å². The molecule has 20 heavy (non-hydrogen) atoms. The Morgan fingerprint density at radius 3 is 2.95 bits per heavy atom. The van der Waals surface area contributed by atoms with Gasteiger partial charge in [0.2, 0.25) is 0 Å². The van der Waals surface area contributed by atoms with Gasteiger partial charge in [0.15, 0.2) is 0 Å². The molecule has 1 aliphatic rings. The lowest BCUT2D eigenvalue weighted by Crippen LogP contribution is -2.41. The third-order valence-electron chi connectivity index (χ3n) is 3.79. The van der Waals surface area contributed by atoms with Crippen LogP contribution in [0.2, 0.25) is 0 Å². The van der Waals surface area contributed by atoms with Crippen molar-refractivity contribution in [2.75, 3.05) is 13.1 Å². The molecule has 0 saturated carbocycles. The van der Waals surface area contributed by atoms with Gasteiger partial charge in [0.25, 0.3) is 5.56 Å². The van der Waals surface area contributed by atoms with Crippen LogP contribution >= 0.6 is 0 Å². The molecule has 0 bridgehead atoms. The summed E-state index contributed by atoms with van der Waals surface area (Å²) in [6.45, 7) is 1.44. The van der Waals surface area contributed by atoms with Crippen molar-refractivity contribution >= 4 is 10.9 Å². The molecule has 1 aromatic carbocycles. The Hall–Kier alpha value is -1.95. The Morgan fingerprint density at radius 1 is 1.25 bits per heavy atom. The van der Waals surface area contributed by atoms with Crippen LogP contribution in [0, 0.1) is 5.82 Å². The number of nitrogens with one attached hydrogen (secondary N) is 2. The molecule has 1 unspecified atom stereocenters. The van der Waals surface area contributed by atoms with Crippen LogP contribution in [0.4, 0.5) is 4.39 Å². The van der Waals surface area contributed by atoms with E-state index in [-0.39, 0.29) is 16.9 Å². The van der Waals surface area contributed by atoms with E-state index in [1.807, 2.05) is 0 Å². The van der Waals surface area contributed by atoms with Crippen LogP contribution in [0.15, 0.2) is 27.8 Å². The predicted octanol–water partition coefficient (Wildman–Crippen LogP) is 1.14. The Kier molecular flexibility index (Phi) is 3.40. The topological polar surface area (TPSA) is 66.9 Å². The highest BCUT2D eigenvalue weighted by Gasteiger charge is 2.20. The van der Waals surface area contributed by atoms with Crippen LogP contribution < -0.4 is 16.6 Å². The van der Waals surface area contributed by atoms with Crippen molar-refractivity contribution in [1.29, 1.82) is 0 Å². The molecule has 2 heterocycles. The molecule has 5 nitrogen and oxygen atoms in total. The van der Waals surface area contributed by atoms with Crippen LogP contribution in [0.25, 0.3) is 10.9 Å². The van der Waals surface area contributed by atoms with E-state index < -0.39 is 17.1 Å². The van der Waals surface area contributed by atoms with Crippen molar-refractivity contribution in [3.05, 3.63) is 44.9 Å².